The maximum Gasteiger partial charge on any atom is 0.180 e. The van der Waals surface area contributed by atoms with E-state index in [1.165, 1.54) is 0 Å². The van der Waals surface area contributed by atoms with Crippen molar-refractivity contribution in [3.63, 3.8) is 0 Å². The maximum absolute atomic E-state index is 4.72. The molecule has 0 unspecified atom stereocenters. The monoisotopic (exact) mass is 373 g/mol. The molecule has 0 saturated heterocycles. The first-order chi connectivity index (χ1) is 13.3. The Bertz CT molecular complexity index is 1020. The summed E-state index contributed by atoms with van der Waals surface area (Å²) in [7, 11) is 0. The Kier molecular flexibility index (Phi) is 5.16. The number of thiazole rings is 1. The molecule has 0 radical (unpaired) electrons. The molecule has 1 N–H and O–H groups in total. The Morgan fingerprint density at radius 1 is 0.926 bits per heavy atom. The molecule has 0 fully saturated rings. The zero-order valence-corrected chi connectivity index (χ0v) is 15.8. The summed E-state index contributed by atoms with van der Waals surface area (Å²) in [5.74, 6) is 1.43. The Morgan fingerprint density at radius 3 is 2.56 bits per heavy atom. The van der Waals surface area contributed by atoms with Crippen LogP contribution in [-0.2, 0) is 13.0 Å². The minimum Gasteiger partial charge on any atom is -0.363 e. The molecular formula is C21H19N5S. The molecule has 0 aliphatic rings. The topological polar surface area (TPSA) is 63.6 Å². The number of anilines is 1. The van der Waals surface area contributed by atoms with Crippen LogP contribution in [0, 0.1) is 0 Å². The van der Waals surface area contributed by atoms with Gasteiger partial charge >= 0.3 is 0 Å². The van der Waals surface area contributed by atoms with Crippen LogP contribution in [0.1, 0.15) is 17.6 Å². The standard InChI is InChI=1S/C21H19N5S/c1-2-16-12-19(26-21(24-16)17-10-6-7-11-22-17)23-13-20-25-18(14-27-20)15-8-4-3-5-9-15/h3-12,14H,2,13H2,1H3,(H,23,24,26). The number of rotatable bonds is 6. The van der Waals surface area contributed by atoms with Crippen LogP contribution in [0.25, 0.3) is 22.8 Å². The van der Waals surface area contributed by atoms with Crippen molar-refractivity contribution in [2.75, 3.05) is 5.32 Å². The highest BCUT2D eigenvalue weighted by Gasteiger charge is 2.09. The van der Waals surface area contributed by atoms with E-state index in [9.17, 15) is 0 Å². The van der Waals surface area contributed by atoms with E-state index in [-0.39, 0.29) is 0 Å². The molecule has 3 aromatic heterocycles. The van der Waals surface area contributed by atoms with Crippen LogP contribution in [0.5, 0.6) is 0 Å². The third-order valence-electron chi connectivity index (χ3n) is 4.08. The molecule has 4 rings (SSSR count). The van der Waals surface area contributed by atoms with Gasteiger partial charge < -0.3 is 5.32 Å². The second-order valence-electron chi connectivity index (χ2n) is 5.98. The van der Waals surface area contributed by atoms with E-state index in [1.54, 1.807) is 17.5 Å². The first-order valence-corrected chi connectivity index (χ1v) is 9.73. The molecule has 3 heterocycles. The van der Waals surface area contributed by atoms with Gasteiger partial charge in [-0.3, -0.25) is 4.98 Å². The van der Waals surface area contributed by atoms with Crippen molar-refractivity contribution in [3.05, 3.63) is 76.9 Å². The Labute approximate surface area is 162 Å². The van der Waals surface area contributed by atoms with E-state index >= 15 is 0 Å². The molecule has 0 atom stereocenters. The van der Waals surface area contributed by atoms with Crippen LogP contribution >= 0.6 is 11.3 Å². The Morgan fingerprint density at radius 2 is 1.78 bits per heavy atom. The van der Waals surface area contributed by atoms with Crippen LogP contribution in [-0.4, -0.2) is 19.9 Å². The molecule has 27 heavy (non-hydrogen) atoms. The van der Waals surface area contributed by atoms with Crippen molar-refractivity contribution < 1.29 is 0 Å². The van der Waals surface area contributed by atoms with Gasteiger partial charge in [-0.15, -0.1) is 11.3 Å². The number of aryl methyl sites for hydroxylation is 1. The zero-order chi connectivity index (χ0) is 18.5. The van der Waals surface area contributed by atoms with Gasteiger partial charge in [0.1, 0.15) is 16.5 Å². The quantitative estimate of drug-likeness (QED) is 0.524. The van der Waals surface area contributed by atoms with Gasteiger partial charge in [-0.2, -0.15) is 0 Å². The number of aromatic nitrogens is 4. The minimum atomic E-state index is 0.624. The van der Waals surface area contributed by atoms with Gasteiger partial charge in [0.25, 0.3) is 0 Å². The molecule has 5 nitrogen and oxygen atoms in total. The van der Waals surface area contributed by atoms with Gasteiger partial charge in [-0.1, -0.05) is 43.3 Å². The summed E-state index contributed by atoms with van der Waals surface area (Å²) in [5.41, 5.74) is 3.89. The van der Waals surface area contributed by atoms with Crippen LogP contribution in [0.4, 0.5) is 5.82 Å². The Hall–Kier alpha value is -3.12. The number of pyridine rings is 1. The van der Waals surface area contributed by atoms with Crippen molar-refractivity contribution in [2.45, 2.75) is 19.9 Å². The van der Waals surface area contributed by atoms with Crippen molar-refractivity contribution in [1.29, 1.82) is 0 Å². The van der Waals surface area contributed by atoms with E-state index in [0.717, 1.165) is 39.9 Å². The smallest absolute Gasteiger partial charge is 0.180 e. The molecule has 4 aromatic rings. The molecule has 134 valence electrons. The summed E-state index contributed by atoms with van der Waals surface area (Å²) in [6.07, 6.45) is 2.59. The minimum absolute atomic E-state index is 0.624. The second kappa shape index (κ2) is 8.05. The van der Waals surface area contributed by atoms with Crippen LogP contribution < -0.4 is 5.32 Å². The van der Waals surface area contributed by atoms with Gasteiger partial charge in [0.05, 0.1) is 12.2 Å². The highest BCUT2D eigenvalue weighted by atomic mass is 32.1. The maximum atomic E-state index is 4.72. The molecule has 0 aliphatic carbocycles. The summed E-state index contributed by atoms with van der Waals surface area (Å²) >= 11 is 1.64. The molecule has 0 saturated carbocycles. The lowest BCUT2D eigenvalue weighted by Crippen LogP contribution is -2.05. The van der Waals surface area contributed by atoms with Gasteiger partial charge in [0.15, 0.2) is 5.82 Å². The van der Waals surface area contributed by atoms with Gasteiger partial charge in [0.2, 0.25) is 0 Å². The van der Waals surface area contributed by atoms with E-state index in [2.05, 4.69) is 44.7 Å². The summed E-state index contributed by atoms with van der Waals surface area (Å²) in [5, 5.41) is 6.48. The summed E-state index contributed by atoms with van der Waals surface area (Å²) < 4.78 is 0. The average molecular weight is 373 g/mol. The number of benzene rings is 1. The number of nitrogens with zero attached hydrogens (tertiary/aromatic N) is 4. The van der Waals surface area contributed by atoms with Crippen molar-refractivity contribution in [3.8, 4) is 22.8 Å². The predicted molar refractivity (Wildman–Crippen MR) is 110 cm³/mol. The summed E-state index contributed by atoms with van der Waals surface area (Å²) in [6.45, 7) is 2.71. The number of hydrogen-bond acceptors (Lipinski definition) is 6. The van der Waals surface area contributed by atoms with E-state index in [1.807, 2.05) is 42.5 Å². The molecule has 0 bridgehead atoms. The first-order valence-electron chi connectivity index (χ1n) is 8.85. The van der Waals surface area contributed by atoms with Crippen LogP contribution in [0.3, 0.4) is 0 Å². The molecule has 0 spiro atoms. The number of hydrogen-bond donors (Lipinski definition) is 1. The molecular weight excluding hydrogens is 354 g/mol. The normalized spacial score (nSPS) is 10.7. The Balaban J connectivity index is 1.52. The van der Waals surface area contributed by atoms with E-state index < -0.39 is 0 Å². The molecule has 6 heteroatoms. The van der Waals surface area contributed by atoms with Crippen LogP contribution in [0.2, 0.25) is 0 Å². The van der Waals surface area contributed by atoms with Gasteiger partial charge in [-0.25, -0.2) is 15.0 Å². The van der Waals surface area contributed by atoms with Crippen LogP contribution in [0.15, 0.2) is 66.2 Å². The van der Waals surface area contributed by atoms with Gasteiger partial charge in [-0.05, 0) is 18.6 Å². The molecule has 0 aliphatic heterocycles. The number of nitrogens with one attached hydrogen (secondary N) is 1. The molecule has 1 aromatic carbocycles. The largest absolute Gasteiger partial charge is 0.363 e. The van der Waals surface area contributed by atoms with E-state index in [4.69, 9.17) is 4.98 Å². The lowest BCUT2D eigenvalue weighted by Gasteiger charge is -2.08. The second-order valence-corrected chi connectivity index (χ2v) is 6.93. The fraction of sp³-hybridized carbons (Fsp3) is 0.143. The van der Waals surface area contributed by atoms with E-state index in [0.29, 0.717) is 12.4 Å². The third kappa shape index (κ3) is 4.17. The lowest BCUT2D eigenvalue weighted by atomic mass is 10.2. The lowest BCUT2D eigenvalue weighted by molar-refractivity contribution is 0.984. The summed E-state index contributed by atoms with van der Waals surface area (Å²) in [4.78, 5) is 18.3. The fourth-order valence-corrected chi connectivity index (χ4v) is 3.42. The SMILES string of the molecule is CCc1cc(NCc2nc(-c3ccccc3)cs2)nc(-c2ccccn2)n1. The van der Waals surface area contributed by atoms with Crippen molar-refractivity contribution in [1.82, 2.24) is 19.9 Å². The summed E-state index contributed by atoms with van der Waals surface area (Å²) in [6, 6.07) is 17.9. The fourth-order valence-electron chi connectivity index (χ4n) is 2.68. The predicted octanol–water partition coefficient (Wildman–Crippen LogP) is 4.84. The average Bonchev–Trinajstić information content (AvgIpc) is 3.22. The van der Waals surface area contributed by atoms with Crippen molar-refractivity contribution in [2.24, 2.45) is 0 Å². The highest BCUT2D eigenvalue weighted by molar-refractivity contribution is 7.09. The van der Waals surface area contributed by atoms with Crippen molar-refractivity contribution >= 4 is 17.2 Å². The zero-order valence-electron chi connectivity index (χ0n) is 15.0. The van der Waals surface area contributed by atoms with Gasteiger partial charge in [0, 0.05) is 28.9 Å². The first kappa shape index (κ1) is 17.3. The molecule has 0 amide bonds. The highest BCUT2D eigenvalue weighted by Crippen LogP contribution is 2.22. The third-order valence-corrected chi connectivity index (χ3v) is 4.93.